The fourth-order valence-corrected chi connectivity index (χ4v) is 4.26. The number of benzene rings is 3. The molecule has 1 saturated heterocycles. The summed E-state index contributed by atoms with van der Waals surface area (Å²) in [6.07, 6.45) is 2.85. The van der Waals surface area contributed by atoms with Gasteiger partial charge in [-0.15, -0.1) is 0 Å². The molecule has 1 atom stereocenters. The number of rotatable bonds is 5. The third kappa shape index (κ3) is 4.58. The quantitative estimate of drug-likeness (QED) is 0.562. The van der Waals surface area contributed by atoms with Crippen molar-refractivity contribution in [3.63, 3.8) is 0 Å². The van der Waals surface area contributed by atoms with Crippen LogP contribution in [0.1, 0.15) is 29.2 Å². The lowest BCUT2D eigenvalue weighted by Gasteiger charge is -2.30. The SMILES string of the molecule is CN1CCN(N=Cc2ccc(N3N=C(c4ccccc4)CC3c3ccccc3)cc2)CC1. The molecule has 5 heteroatoms. The molecule has 1 unspecified atom stereocenters. The van der Waals surface area contributed by atoms with Gasteiger partial charge in [-0.1, -0.05) is 72.8 Å². The summed E-state index contributed by atoms with van der Waals surface area (Å²) < 4.78 is 0. The van der Waals surface area contributed by atoms with E-state index in [1.807, 2.05) is 12.3 Å². The van der Waals surface area contributed by atoms with Crippen LogP contribution in [0.4, 0.5) is 5.69 Å². The molecule has 0 bridgehead atoms. The zero-order chi connectivity index (χ0) is 21.8. The molecule has 0 aromatic heterocycles. The first kappa shape index (κ1) is 20.5. The zero-order valence-corrected chi connectivity index (χ0v) is 18.5. The second kappa shape index (κ2) is 9.37. The van der Waals surface area contributed by atoms with Gasteiger partial charge in [0.2, 0.25) is 0 Å². The molecular weight excluding hydrogens is 394 g/mol. The van der Waals surface area contributed by atoms with E-state index < -0.39 is 0 Å². The number of hydrogen-bond acceptors (Lipinski definition) is 5. The highest BCUT2D eigenvalue weighted by atomic mass is 15.5. The predicted molar refractivity (Wildman–Crippen MR) is 132 cm³/mol. The van der Waals surface area contributed by atoms with E-state index in [9.17, 15) is 0 Å². The van der Waals surface area contributed by atoms with E-state index in [0.29, 0.717) is 0 Å². The topological polar surface area (TPSA) is 34.4 Å². The maximum absolute atomic E-state index is 5.05. The molecule has 3 aromatic carbocycles. The van der Waals surface area contributed by atoms with E-state index >= 15 is 0 Å². The summed E-state index contributed by atoms with van der Waals surface area (Å²) in [5.74, 6) is 0. The minimum absolute atomic E-state index is 0.191. The van der Waals surface area contributed by atoms with Crippen LogP contribution in [-0.4, -0.2) is 55.1 Å². The molecule has 162 valence electrons. The van der Waals surface area contributed by atoms with Crippen LogP contribution in [0.15, 0.2) is 95.1 Å². The summed E-state index contributed by atoms with van der Waals surface area (Å²) >= 11 is 0. The van der Waals surface area contributed by atoms with Crippen molar-refractivity contribution in [2.24, 2.45) is 10.2 Å². The van der Waals surface area contributed by atoms with E-state index in [0.717, 1.165) is 49.6 Å². The summed E-state index contributed by atoms with van der Waals surface area (Å²) in [7, 11) is 2.16. The molecule has 5 rings (SSSR count). The highest BCUT2D eigenvalue weighted by molar-refractivity contribution is 6.03. The highest BCUT2D eigenvalue weighted by Crippen LogP contribution is 2.36. The van der Waals surface area contributed by atoms with Crippen molar-refractivity contribution in [1.29, 1.82) is 0 Å². The molecule has 2 aliphatic rings. The van der Waals surface area contributed by atoms with E-state index in [1.54, 1.807) is 0 Å². The first-order chi connectivity index (χ1) is 15.8. The van der Waals surface area contributed by atoms with E-state index in [4.69, 9.17) is 5.10 Å². The Bertz CT molecular complexity index is 1070. The number of likely N-dealkylation sites (N-methyl/N-ethyl adjacent to an activating group) is 1. The van der Waals surface area contributed by atoms with Gasteiger partial charge in [0, 0.05) is 32.6 Å². The van der Waals surface area contributed by atoms with Gasteiger partial charge < -0.3 is 4.90 Å². The fourth-order valence-electron chi connectivity index (χ4n) is 4.26. The van der Waals surface area contributed by atoms with Crippen molar-refractivity contribution in [2.75, 3.05) is 38.2 Å². The molecule has 5 nitrogen and oxygen atoms in total. The molecule has 0 aliphatic carbocycles. The standard InChI is InChI=1S/C27H29N5/c1-30-16-18-31(19-17-30)28-21-22-12-14-25(15-13-22)32-27(24-10-6-3-7-11-24)20-26(29-32)23-8-4-2-5-9-23/h2-15,21,27H,16-20H2,1H3. The van der Waals surface area contributed by atoms with Crippen molar-refractivity contribution in [2.45, 2.75) is 12.5 Å². The summed E-state index contributed by atoms with van der Waals surface area (Å²) in [5, 5.41) is 14.0. The van der Waals surface area contributed by atoms with Gasteiger partial charge in [0.25, 0.3) is 0 Å². The van der Waals surface area contributed by atoms with E-state index in [2.05, 4.69) is 106 Å². The Morgan fingerprint density at radius 2 is 1.47 bits per heavy atom. The lowest BCUT2D eigenvalue weighted by Crippen LogP contribution is -2.41. The van der Waals surface area contributed by atoms with E-state index in [1.165, 1.54) is 11.1 Å². The summed E-state index contributed by atoms with van der Waals surface area (Å²) in [6.45, 7) is 4.09. The highest BCUT2D eigenvalue weighted by Gasteiger charge is 2.29. The van der Waals surface area contributed by atoms with Crippen LogP contribution in [0.25, 0.3) is 0 Å². The van der Waals surface area contributed by atoms with Gasteiger partial charge in [0.05, 0.1) is 23.7 Å². The summed E-state index contributed by atoms with van der Waals surface area (Å²) in [6, 6.07) is 29.9. The van der Waals surface area contributed by atoms with Crippen LogP contribution in [-0.2, 0) is 0 Å². The Kier molecular flexibility index (Phi) is 5.99. The van der Waals surface area contributed by atoms with Gasteiger partial charge in [-0.05, 0) is 35.9 Å². The van der Waals surface area contributed by atoms with Gasteiger partial charge in [-0.2, -0.15) is 10.2 Å². The van der Waals surface area contributed by atoms with Gasteiger partial charge in [-0.25, -0.2) is 0 Å². The van der Waals surface area contributed by atoms with Crippen LogP contribution in [0, 0.1) is 0 Å². The summed E-state index contributed by atoms with van der Waals surface area (Å²) in [4.78, 5) is 2.34. The fraction of sp³-hybridized carbons (Fsp3) is 0.259. The van der Waals surface area contributed by atoms with Crippen molar-refractivity contribution in [3.8, 4) is 0 Å². The average molecular weight is 424 g/mol. The predicted octanol–water partition coefficient (Wildman–Crippen LogP) is 4.62. The Balaban J connectivity index is 1.37. The van der Waals surface area contributed by atoms with Crippen LogP contribution in [0.5, 0.6) is 0 Å². The average Bonchev–Trinajstić information content (AvgIpc) is 3.31. The molecule has 32 heavy (non-hydrogen) atoms. The Labute approximate surface area is 190 Å². The molecule has 0 N–H and O–H groups in total. The Morgan fingerprint density at radius 1 is 0.812 bits per heavy atom. The molecule has 0 saturated carbocycles. The molecule has 0 amide bonds. The zero-order valence-electron chi connectivity index (χ0n) is 18.5. The first-order valence-electron chi connectivity index (χ1n) is 11.3. The first-order valence-corrected chi connectivity index (χ1v) is 11.3. The Hall–Kier alpha value is -3.44. The van der Waals surface area contributed by atoms with Gasteiger partial charge in [0.15, 0.2) is 0 Å². The van der Waals surface area contributed by atoms with Crippen molar-refractivity contribution in [1.82, 2.24) is 9.91 Å². The van der Waals surface area contributed by atoms with Crippen LogP contribution in [0.2, 0.25) is 0 Å². The minimum atomic E-state index is 0.191. The number of hydrazone groups is 2. The second-order valence-electron chi connectivity index (χ2n) is 8.48. The van der Waals surface area contributed by atoms with Crippen LogP contribution < -0.4 is 5.01 Å². The van der Waals surface area contributed by atoms with Crippen LogP contribution in [0.3, 0.4) is 0 Å². The molecule has 2 heterocycles. The van der Waals surface area contributed by atoms with Crippen LogP contribution >= 0.6 is 0 Å². The lowest BCUT2D eigenvalue weighted by atomic mass is 9.98. The van der Waals surface area contributed by atoms with Gasteiger partial charge >= 0.3 is 0 Å². The largest absolute Gasteiger partial charge is 0.303 e. The number of piperazine rings is 1. The Morgan fingerprint density at radius 3 is 2.16 bits per heavy atom. The third-order valence-electron chi connectivity index (χ3n) is 6.21. The lowest BCUT2D eigenvalue weighted by molar-refractivity contribution is 0.159. The second-order valence-corrected chi connectivity index (χ2v) is 8.48. The number of anilines is 1. The smallest absolute Gasteiger partial charge is 0.0831 e. The molecule has 1 fully saturated rings. The molecular formula is C27H29N5. The molecule has 2 aliphatic heterocycles. The number of hydrogen-bond donors (Lipinski definition) is 0. The summed E-state index contributed by atoms with van der Waals surface area (Å²) in [5.41, 5.74) is 5.80. The monoisotopic (exact) mass is 423 g/mol. The number of nitrogens with zero attached hydrogens (tertiary/aromatic N) is 5. The maximum Gasteiger partial charge on any atom is 0.0831 e. The third-order valence-corrected chi connectivity index (χ3v) is 6.21. The molecule has 0 radical (unpaired) electrons. The van der Waals surface area contributed by atoms with E-state index in [-0.39, 0.29) is 6.04 Å². The van der Waals surface area contributed by atoms with Crippen molar-refractivity contribution in [3.05, 3.63) is 102 Å². The minimum Gasteiger partial charge on any atom is -0.303 e. The van der Waals surface area contributed by atoms with Gasteiger partial charge in [0.1, 0.15) is 0 Å². The normalized spacial score (nSPS) is 19.5. The maximum atomic E-state index is 5.05. The van der Waals surface area contributed by atoms with Crippen molar-refractivity contribution < 1.29 is 0 Å². The van der Waals surface area contributed by atoms with Gasteiger partial charge in [-0.3, -0.25) is 10.0 Å². The molecule has 0 spiro atoms. The van der Waals surface area contributed by atoms with Crippen molar-refractivity contribution >= 4 is 17.6 Å². The molecule has 3 aromatic rings.